The molecule has 16 heavy (non-hydrogen) atoms. The van der Waals surface area contributed by atoms with Gasteiger partial charge in [-0.15, -0.1) is 0 Å². The van der Waals surface area contributed by atoms with Crippen molar-refractivity contribution >= 4 is 23.2 Å². The van der Waals surface area contributed by atoms with Crippen molar-refractivity contribution in [3.8, 4) is 5.75 Å². The third-order valence-corrected chi connectivity index (χ3v) is 2.56. The first-order valence-electron chi connectivity index (χ1n) is 4.73. The Morgan fingerprint density at radius 1 is 0.750 bits per heavy atom. The van der Waals surface area contributed by atoms with Crippen LogP contribution in [0.3, 0.4) is 0 Å². The fraction of sp³-hybridized carbons (Fsp3) is 0.0769. The summed E-state index contributed by atoms with van der Waals surface area (Å²) in [5.41, 5.74) is 0. The molecule has 2 rings (SSSR count). The zero-order valence-electron chi connectivity index (χ0n) is 8.86. The largest absolute Gasteiger partial charge is 0.497 e. The molecular weight excluding hydrogens is 243 g/mol. The van der Waals surface area contributed by atoms with Gasteiger partial charge in [0.15, 0.2) is 0 Å². The fourth-order valence-corrected chi connectivity index (χ4v) is 1.27. The summed E-state index contributed by atoms with van der Waals surface area (Å²) in [4.78, 5) is 0. The van der Waals surface area contributed by atoms with Crippen molar-refractivity contribution in [1.29, 1.82) is 0 Å². The highest BCUT2D eigenvalue weighted by Gasteiger charge is 1.89. The van der Waals surface area contributed by atoms with Crippen LogP contribution in [0, 0.1) is 0 Å². The standard InChI is InChI=1S/C7H8O.C6H4Cl2/c1-8-7-5-3-2-4-6-7;7-5-3-1-2-4-6(5)8/h2-6H,1H3;1-4H. The van der Waals surface area contributed by atoms with Crippen LogP contribution in [0.1, 0.15) is 0 Å². The number of benzene rings is 2. The quantitative estimate of drug-likeness (QED) is 0.718. The highest BCUT2D eigenvalue weighted by atomic mass is 35.5. The van der Waals surface area contributed by atoms with Crippen molar-refractivity contribution in [1.82, 2.24) is 0 Å². The lowest BCUT2D eigenvalue weighted by Crippen LogP contribution is -1.78. The van der Waals surface area contributed by atoms with Gasteiger partial charge in [-0.05, 0) is 24.3 Å². The van der Waals surface area contributed by atoms with Crippen LogP contribution >= 0.6 is 23.2 Å². The summed E-state index contributed by atoms with van der Waals surface area (Å²) >= 11 is 11.2. The number of hydrogen-bond acceptors (Lipinski definition) is 1. The molecule has 0 radical (unpaired) electrons. The van der Waals surface area contributed by atoms with Crippen LogP contribution in [-0.2, 0) is 0 Å². The molecule has 0 fully saturated rings. The molecule has 0 heterocycles. The second kappa shape index (κ2) is 7.15. The first-order chi connectivity index (χ1) is 7.74. The zero-order chi connectivity index (χ0) is 11.8. The Morgan fingerprint density at radius 2 is 1.19 bits per heavy atom. The van der Waals surface area contributed by atoms with Crippen LogP contribution < -0.4 is 4.74 Å². The van der Waals surface area contributed by atoms with E-state index in [9.17, 15) is 0 Å². The second-order valence-corrected chi connectivity index (χ2v) is 3.75. The number of rotatable bonds is 1. The normalized spacial score (nSPS) is 8.94. The maximum atomic E-state index is 5.58. The smallest absolute Gasteiger partial charge is 0.118 e. The van der Waals surface area contributed by atoms with E-state index in [1.54, 1.807) is 19.2 Å². The maximum Gasteiger partial charge on any atom is 0.118 e. The molecule has 0 spiro atoms. The first kappa shape index (κ1) is 12.9. The summed E-state index contributed by atoms with van der Waals surface area (Å²) in [6, 6.07) is 16.9. The number of para-hydroxylation sites is 1. The molecule has 0 bridgehead atoms. The lowest BCUT2D eigenvalue weighted by molar-refractivity contribution is 0.415. The van der Waals surface area contributed by atoms with E-state index in [4.69, 9.17) is 27.9 Å². The van der Waals surface area contributed by atoms with E-state index in [0.717, 1.165) is 5.75 Å². The Balaban J connectivity index is 0.000000160. The lowest BCUT2D eigenvalue weighted by Gasteiger charge is -1.93. The van der Waals surface area contributed by atoms with E-state index in [0.29, 0.717) is 10.0 Å². The molecule has 0 amide bonds. The second-order valence-electron chi connectivity index (χ2n) is 2.93. The molecule has 0 saturated heterocycles. The van der Waals surface area contributed by atoms with Crippen molar-refractivity contribution in [3.05, 3.63) is 64.6 Å². The Labute approximate surface area is 106 Å². The number of ether oxygens (including phenoxy) is 1. The number of methoxy groups -OCH3 is 1. The molecule has 0 unspecified atom stereocenters. The van der Waals surface area contributed by atoms with Crippen LogP contribution in [-0.4, -0.2) is 7.11 Å². The van der Waals surface area contributed by atoms with E-state index in [1.165, 1.54) is 0 Å². The molecule has 1 nitrogen and oxygen atoms in total. The van der Waals surface area contributed by atoms with Gasteiger partial charge in [0.1, 0.15) is 5.75 Å². The summed E-state index contributed by atoms with van der Waals surface area (Å²) in [5.74, 6) is 0.910. The third kappa shape index (κ3) is 4.56. The molecule has 2 aromatic rings. The average molecular weight is 255 g/mol. The summed E-state index contributed by atoms with van der Waals surface area (Å²) in [7, 11) is 1.66. The molecule has 0 aliphatic heterocycles. The minimum Gasteiger partial charge on any atom is -0.497 e. The molecule has 84 valence electrons. The van der Waals surface area contributed by atoms with Crippen LogP contribution in [0.2, 0.25) is 10.0 Å². The van der Waals surface area contributed by atoms with Gasteiger partial charge in [0.05, 0.1) is 17.2 Å². The third-order valence-electron chi connectivity index (χ3n) is 1.80. The van der Waals surface area contributed by atoms with Crippen molar-refractivity contribution in [2.24, 2.45) is 0 Å². The highest BCUT2D eigenvalue weighted by Crippen LogP contribution is 2.19. The molecule has 0 aromatic heterocycles. The van der Waals surface area contributed by atoms with Gasteiger partial charge in [0.2, 0.25) is 0 Å². The predicted octanol–water partition coefficient (Wildman–Crippen LogP) is 4.69. The zero-order valence-corrected chi connectivity index (χ0v) is 10.4. The van der Waals surface area contributed by atoms with Crippen molar-refractivity contribution < 1.29 is 4.74 Å². The van der Waals surface area contributed by atoms with Gasteiger partial charge < -0.3 is 4.74 Å². The van der Waals surface area contributed by atoms with Gasteiger partial charge in [-0.2, -0.15) is 0 Å². The highest BCUT2D eigenvalue weighted by molar-refractivity contribution is 6.41. The van der Waals surface area contributed by atoms with Crippen LogP contribution in [0.4, 0.5) is 0 Å². The maximum absolute atomic E-state index is 5.58. The van der Waals surface area contributed by atoms with E-state index < -0.39 is 0 Å². The van der Waals surface area contributed by atoms with Gasteiger partial charge in [0.25, 0.3) is 0 Å². The van der Waals surface area contributed by atoms with Gasteiger partial charge in [0, 0.05) is 0 Å². The van der Waals surface area contributed by atoms with E-state index >= 15 is 0 Å². The Kier molecular flexibility index (Phi) is 5.76. The molecule has 0 aliphatic rings. The molecular formula is C13H12Cl2O. The molecule has 0 N–H and O–H groups in total. The van der Waals surface area contributed by atoms with E-state index in [1.807, 2.05) is 42.5 Å². The van der Waals surface area contributed by atoms with Crippen LogP contribution in [0.25, 0.3) is 0 Å². The monoisotopic (exact) mass is 254 g/mol. The molecule has 0 aliphatic carbocycles. The van der Waals surface area contributed by atoms with Gasteiger partial charge in [-0.3, -0.25) is 0 Å². The minimum atomic E-state index is 0.606. The van der Waals surface area contributed by atoms with Crippen molar-refractivity contribution in [2.45, 2.75) is 0 Å². The molecule has 0 saturated carbocycles. The molecule has 0 atom stereocenters. The van der Waals surface area contributed by atoms with Crippen LogP contribution in [0.15, 0.2) is 54.6 Å². The topological polar surface area (TPSA) is 9.23 Å². The predicted molar refractivity (Wildman–Crippen MR) is 69.5 cm³/mol. The summed E-state index contributed by atoms with van der Waals surface area (Å²) in [6.45, 7) is 0. The Bertz CT molecular complexity index is 394. The summed E-state index contributed by atoms with van der Waals surface area (Å²) in [6.07, 6.45) is 0. The SMILES string of the molecule is COc1ccccc1.Clc1ccccc1Cl. The van der Waals surface area contributed by atoms with Gasteiger partial charge in [-0.1, -0.05) is 53.5 Å². The minimum absolute atomic E-state index is 0.606. The number of halogens is 2. The van der Waals surface area contributed by atoms with Crippen LogP contribution in [0.5, 0.6) is 5.75 Å². The Hall–Kier alpha value is -1.18. The first-order valence-corrected chi connectivity index (χ1v) is 5.48. The average Bonchev–Trinajstić information content (AvgIpc) is 2.35. The van der Waals surface area contributed by atoms with Gasteiger partial charge >= 0.3 is 0 Å². The van der Waals surface area contributed by atoms with E-state index in [-0.39, 0.29) is 0 Å². The summed E-state index contributed by atoms with van der Waals surface area (Å²) in [5, 5.41) is 1.21. The summed E-state index contributed by atoms with van der Waals surface area (Å²) < 4.78 is 4.91. The van der Waals surface area contributed by atoms with Crippen molar-refractivity contribution in [2.75, 3.05) is 7.11 Å². The molecule has 3 heteroatoms. The Morgan fingerprint density at radius 3 is 1.50 bits per heavy atom. The van der Waals surface area contributed by atoms with Gasteiger partial charge in [-0.25, -0.2) is 0 Å². The molecule has 2 aromatic carbocycles. The van der Waals surface area contributed by atoms with E-state index in [2.05, 4.69) is 0 Å². The fourth-order valence-electron chi connectivity index (χ4n) is 0.996. The number of hydrogen-bond donors (Lipinski definition) is 0. The lowest BCUT2D eigenvalue weighted by atomic mass is 10.3. The van der Waals surface area contributed by atoms with Crippen molar-refractivity contribution in [3.63, 3.8) is 0 Å².